The Labute approximate surface area is 125 Å². The molecule has 112 valence electrons. The third-order valence-corrected chi connectivity index (χ3v) is 3.53. The van der Waals surface area contributed by atoms with E-state index in [1.54, 1.807) is 6.92 Å². The summed E-state index contributed by atoms with van der Waals surface area (Å²) >= 11 is 6.00. The first-order valence-corrected chi connectivity index (χ1v) is 6.74. The van der Waals surface area contributed by atoms with Crippen LogP contribution in [0.5, 0.6) is 0 Å². The van der Waals surface area contributed by atoms with Gasteiger partial charge in [-0.3, -0.25) is 19.7 Å². The second-order valence-electron chi connectivity index (χ2n) is 4.46. The van der Waals surface area contributed by atoms with Gasteiger partial charge in [-0.1, -0.05) is 11.6 Å². The molecule has 1 aromatic carbocycles. The smallest absolute Gasteiger partial charge is 0.307 e. The topological polar surface area (TPSA) is 89.8 Å². The van der Waals surface area contributed by atoms with Crippen molar-refractivity contribution in [3.05, 3.63) is 38.4 Å². The maximum atomic E-state index is 12.3. The first-order valence-electron chi connectivity index (χ1n) is 6.36. The number of benzene rings is 1. The monoisotopic (exact) mass is 312 g/mol. The Kier molecular flexibility index (Phi) is 4.42. The zero-order chi connectivity index (χ0) is 15.6. The number of rotatable bonds is 5. The lowest BCUT2D eigenvalue weighted by Crippen LogP contribution is -2.27. The van der Waals surface area contributed by atoms with Gasteiger partial charge in [0.25, 0.3) is 11.6 Å². The van der Waals surface area contributed by atoms with Crippen LogP contribution in [0, 0.1) is 10.1 Å². The molecule has 0 aliphatic carbocycles. The first-order chi connectivity index (χ1) is 9.95. The van der Waals surface area contributed by atoms with Crippen LogP contribution in [0.25, 0.3) is 0 Å². The number of halogens is 1. The minimum Gasteiger partial charge on any atom is -0.466 e. The average molecular weight is 313 g/mol. The van der Waals surface area contributed by atoms with Gasteiger partial charge in [-0.2, -0.15) is 0 Å². The van der Waals surface area contributed by atoms with Gasteiger partial charge in [-0.15, -0.1) is 0 Å². The SMILES string of the molecule is CCOC(=O)CCN1Cc2c(Cl)ccc([N+](=O)[O-])c2C1=O. The Hall–Kier alpha value is -2.15. The zero-order valence-electron chi connectivity index (χ0n) is 11.3. The summed E-state index contributed by atoms with van der Waals surface area (Å²) in [4.78, 5) is 35.3. The van der Waals surface area contributed by atoms with Gasteiger partial charge in [-0.25, -0.2) is 0 Å². The lowest BCUT2D eigenvalue weighted by Gasteiger charge is -2.14. The van der Waals surface area contributed by atoms with Crippen LogP contribution >= 0.6 is 11.6 Å². The minimum atomic E-state index is -0.609. The molecule has 7 nitrogen and oxygen atoms in total. The third-order valence-electron chi connectivity index (χ3n) is 3.17. The fourth-order valence-corrected chi connectivity index (χ4v) is 2.43. The molecule has 0 saturated heterocycles. The van der Waals surface area contributed by atoms with Crippen molar-refractivity contribution in [2.24, 2.45) is 0 Å². The molecule has 0 bridgehead atoms. The van der Waals surface area contributed by atoms with Crippen LogP contribution in [-0.2, 0) is 16.1 Å². The number of hydrogen-bond acceptors (Lipinski definition) is 5. The predicted octanol–water partition coefficient (Wildman–Crippen LogP) is 2.16. The van der Waals surface area contributed by atoms with Gasteiger partial charge in [0, 0.05) is 29.7 Å². The van der Waals surface area contributed by atoms with Crippen molar-refractivity contribution in [2.45, 2.75) is 19.9 Å². The van der Waals surface area contributed by atoms with Gasteiger partial charge in [0.2, 0.25) is 0 Å². The highest BCUT2D eigenvalue weighted by molar-refractivity contribution is 6.32. The highest BCUT2D eigenvalue weighted by Gasteiger charge is 2.36. The molecule has 0 fully saturated rings. The number of carbonyl (C=O) groups is 2. The van der Waals surface area contributed by atoms with E-state index < -0.39 is 16.8 Å². The summed E-state index contributed by atoms with van der Waals surface area (Å²) in [5.41, 5.74) is 0.175. The molecule has 1 amide bonds. The summed E-state index contributed by atoms with van der Waals surface area (Å²) in [6.07, 6.45) is 0.0407. The Morgan fingerprint density at radius 2 is 2.24 bits per heavy atom. The summed E-state index contributed by atoms with van der Waals surface area (Å²) in [5, 5.41) is 11.3. The highest BCUT2D eigenvalue weighted by atomic mass is 35.5. The van der Waals surface area contributed by atoms with Crippen molar-refractivity contribution < 1.29 is 19.2 Å². The first kappa shape index (κ1) is 15.2. The highest BCUT2D eigenvalue weighted by Crippen LogP contribution is 2.35. The van der Waals surface area contributed by atoms with E-state index in [2.05, 4.69) is 0 Å². The number of nitro benzene ring substituents is 1. The molecule has 1 aliphatic heterocycles. The molecule has 0 atom stereocenters. The molecule has 0 unspecified atom stereocenters. The van der Waals surface area contributed by atoms with Gasteiger partial charge in [0.05, 0.1) is 18.0 Å². The maximum absolute atomic E-state index is 12.3. The maximum Gasteiger partial charge on any atom is 0.307 e. The molecule has 1 aromatic rings. The predicted molar refractivity (Wildman–Crippen MR) is 74.1 cm³/mol. The van der Waals surface area contributed by atoms with Crippen molar-refractivity contribution in [3.8, 4) is 0 Å². The van der Waals surface area contributed by atoms with E-state index in [-0.39, 0.29) is 37.4 Å². The minimum absolute atomic E-state index is 0.0105. The van der Waals surface area contributed by atoms with Crippen LogP contribution in [0.15, 0.2) is 12.1 Å². The second-order valence-corrected chi connectivity index (χ2v) is 4.87. The van der Waals surface area contributed by atoms with Crippen molar-refractivity contribution in [1.29, 1.82) is 0 Å². The molecule has 8 heteroatoms. The Balaban J connectivity index is 2.20. The van der Waals surface area contributed by atoms with Gasteiger partial charge < -0.3 is 9.64 Å². The van der Waals surface area contributed by atoms with Crippen LogP contribution < -0.4 is 0 Å². The van der Waals surface area contributed by atoms with Gasteiger partial charge in [0.1, 0.15) is 5.56 Å². The summed E-state index contributed by atoms with van der Waals surface area (Å²) in [6, 6.07) is 2.62. The second kappa shape index (κ2) is 6.09. The van der Waals surface area contributed by atoms with Crippen molar-refractivity contribution >= 4 is 29.2 Å². The average Bonchev–Trinajstić information content (AvgIpc) is 2.76. The van der Waals surface area contributed by atoms with Crippen LogP contribution in [-0.4, -0.2) is 34.9 Å². The molecule has 0 spiro atoms. The number of amides is 1. The van der Waals surface area contributed by atoms with Crippen LogP contribution in [0.3, 0.4) is 0 Å². The van der Waals surface area contributed by atoms with Crippen molar-refractivity contribution in [1.82, 2.24) is 4.90 Å². The summed E-state index contributed by atoms with van der Waals surface area (Å²) in [5.74, 6) is -0.898. The van der Waals surface area contributed by atoms with Crippen molar-refractivity contribution in [2.75, 3.05) is 13.2 Å². The van der Waals surface area contributed by atoms with Crippen molar-refractivity contribution in [3.63, 3.8) is 0 Å². The quantitative estimate of drug-likeness (QED) is 0.472. The standard InChI is InChI=1S/C13H13ClN2O5/c1-2-21-11(17)5-6-15-7-8-9(14)3-4-10(16(19)20)12(8)13(15)18/h3-4H,2,5-7H2,1H3. The van der Waals surface area contributed by atoms with E-state index in [0.717, 1.165) is 0 Å². The number of carbonyl (C=O) groups excluding carboxylic acids is 2. The summed E-state index contributed by atoms with van der Waals surface area (Å²) in [6.45, 7) is 2.26. The van der Waals surface area contributed by atoms with E-state index in [9.17, 15) is 19.7 Å². The number of nitrogens with zero attached hydrogens (tertiary/aromatic N) is 2. The van der Waals surface area contributed by atoms with Gasteiger partial charge >= 0.3 is 5.97 Å². The largest absolute Gasteiger partial charge is 0.466 e. The number of esters is 1. The van der Waals surface area contributed by atoms with Gasteiger partial charge in [0.15, 0.2) is 0 Å². The number of ether oxygens (including phenoxy) is 1. The summed E-state index contributed by atoms with van der Waals surface area (Å²) < 4.78 is 4.79. The molecule has 0 aromatic heterocycles. The number of fused-ring (bicyclic) bond motifs is 1. The Morgan fingerprint density at radius 3 is 2.86 bits per heavy atom. The van der Waals surface area contributed by atoms with E-state index in [4.69, 9.17) is 16.3 Å². The van der Waals surface area contributed by atoms with Crippen LogP contribution in [0.2, 0.25) is 5.02 Å². The fourth-order valence-electron chi connectivity index (χ4n) is 2.22. The number of hydrogen-bond donors (Lipinski definition) is 0. The molecule has 0 N–H and O–H groups in total. The molecule has 0 radical (unpaired) electrons. The number of nitro groups is 1. The molecule has 2 rings (SSSR count). The van der Waals surface area contributed by atoms with Crippen LogP contribution in [0.4, 0.5) is 5.69 Å². The van der Waals surface area contributed by atoms with E-state index in [1.807, 2.05) is 0 Å². The van der Waals surface area contributed by atoms with E-state index >= 15 is 0 Å². The lowest BCUT2D eigenvalue weighted by molar-refractivity contribution is -0.385. The molecular weight excluding hydrogens is 300 g/mol. The molecular formula is C13H13ClN2O5. The molecule has 0 saturated carbocycles. The zero-order valence-corrected chi connectivity index (χ0v) is 12.1. The van der Waals surface area contributed by atoms with E-state index in [0.29, 0.717) is 10.6 Å². The van der Waals surface area contributed by atoms with Crippen LogP contribution in [0.1, 0.15) is 29.3 Å². The molecule has 1 heterocycles. The molecule has 21 heavy (non-hydrogen) atoms. The molecule has 1 aliphatic rings. The Bertz CT molecular complexity index is 617. The summed E-state index contributed by atoms with van der Waals surface area (Å²) in [7, 11) is 0. The van der Waals surface area contributed by atoms with E-state index in [1.165, 1.54) is 17.0 Å². The fraction of sp³-hybridized carbons (Fsp3) is 0.385. The third kappa shape index (κ3) is 2.97. The lowest BCUT2D eigenvalue weighted by atomic mass is 10.1. The van der Waals surface area contributed by atoms with Gasteiger partial charge in [-0.05, 0) is 13.0 Å². The Morgan fingerprint density at radius 1 is 1.52 bits per heavy atom. The normalized spacial score (nSPS) is 13.2.